The van der Waals surface area contributed by atoms with Crippen LogP contribution in [-0.2, 0) is 6.54 Å². The van der Waals surface area contributed by atoms with Crippen molar-refractivity contribution in [2.24, 2.45) is 0 Å². The minimum Gasteiger partial charge on any atom is -0.496 e. The molecule has 2 heterocycles. The molecule has 1 aliphatic rings. The van der Waals surface area contributed by atoms with E-state index in [0.29, 0.717) is 11.9 Å². The molecule has 31 heavy (non-hydrogen) atoms. The lowest BCUT2D eigenvalue weighted by Gasteiger charge is -2.49. The molecule has 0 atom stereocenters. The predicted octanol–water partition coefficient (Wildman–Crippen LogP) is 5.55. The molecule has 0 bridgehead atoms. The molecule has 2 aromatic carbocycles. The number of rotatable bonds is 5. The van der Waals surface area contributed by atoms with Crippen molar-refractivity contribution in [2.45, 2.75) is 71.1 Å². The Balaban J connectivity index is 1.61. The molecule has 4 rings (SSSR count). The molecule has 0 aliphatic carbocycles. The Bertz CT molecular complexity index is 1070. The number of nitrogens with one attached hydrogen (secondary N) is 1. The van der Waals surface area contributed by atoms with Gasteiger partial charge in [-0.15, -0.1) is 0 Å². The first-order valence-corrected chi connectivity index (χ1v) is 11.1. The molecule has 1 aromatic heterocycles. The Labute approximate surface area is 185 Å². The SMILES string of the molecule is COc1ccc(-c2nc(CN(C)C3CC(C)(C)NC(C)(C)C3)c(C)o2)c2ccccc12. The maximum Gasteiger partial charge on any atom is 0.227 e. The van der Waals surface area contributed by atoms with Gasteiger partial charge >= 0.3 is 0 Å². The van der Waals surface area contributed by atoms with E-state index in [4.69, 9.17) is 14.1 Å². The highest BCUT2D eigenvalue weighted by atomic mass is 16.5. The van der Waals surface area contributed by atoms with Gasteiger partial charge in [0.25, 0.3) is 0 Å². The number of hydrogen-bond donors (Lipinski definition) is 1. The van der Waals surface area contributed by atoms with Crippen molar-refractivity contribution in [3.63, 3.8) is 0 Å². The summed E-state index contributed by atoms with van der Waals surface area (Å²) in [7, 11) is 3.91. The zero-order valence-corrected chi connectivity index (χ0v) is 19.9. The summed E-state index contributed by atoms with van der Waals surface area (Å²) >= 11 is 0. The number of hydrogen-bond acceptors (Lipinski definition) is 5. The third-order valence-corrected chi connectivity index (χ3v) is 6.42. The molecule has 0 saturated carbocycles. The fourth-order valence-corrected chi connectivity index (χ4v) is 5.27. The molecule has 1 N–H and O–H groups in total. The molecule has 0 radical (unpaired) electrons. The van der Waals surface area contributed by atoms with Crippen molar-refractivity contribution < 1.29 is 9.15 Å². The lowest BCUT2D eigenvalue weighted by atomic mass is 9.79. The van der Waals surface area contributed by atoms with Crippen LogP contribution in [0.4, 0.5) is 0 Å². The van der Waals surface area contributed by atoms with Crippen LogP contribution in [0.2, 0.25) is 0 Å². The van der Waals surface area contributed by atoms with Gasteiger partial charge in [0.2, 0.25) is 5.89 Å². The summed E-state index contributed by atoms with van der Waals surface area (Å²) in [4.78, 5) is 7.36. The van der Waals surface area contributed by atoms with Crippen molar-refractivity contribution in [2.75, 3.05) is 14.2 Å². The Morgan fingerprint density at radius 2 is 1.71 bits per heavy atom. The number of oxazole rings is 1. The van der Waals surface area contributed by atoms with E-state index in [0.717, 1.165) is 52.9 Å². The van der Waals surface area contributed by atoms with Crippen molar-refractivity contribution in [1.29, 1.82) is 0 Å². The van der Waals surface area contributed by atoms with Gasteiger partial charge in [0.1, 0.15) is 11.5 Å². The van der Waals surface area contributed by atoms with Crippen LogP contribution in [0.5, 0.6) is 5.75 Å². The Kier molecular flexibility index (Phi) is 5.61. The maximum absolute atomic E-state index is 6.16. The van der Waals surface area contributed by atoms with E-state index >= 15 is 0 Å². The van der Waals surface area contributed by atoms with Gasteiger partial charge in [0.05, 0.1) is 12.8 Å². The van der Waals surface area contributed by atoms with Crippen LogP contribution in [0.25, 0.3) is 22.2 Å². The fourth-order valence-electron chi connectivity index (χ4n) is 5.27. The van der Waals surface area contributed by atoms with Crippen LogP contribution in [-0.4, -0.2) is 41.2 Å². The lowest BCUT2D eigenvalue weighted by molar-refractivity contribution is 0.0768. The van der Waals surface area contributed by atoms with Crippen LogP contribution < -0.4 is 10.1 Å². The van der Waals surface area contributed by atoms with Crippen molar-refractivity contribution >= 4 is 10.8 Å². The third-order valence-electron chi connectivity index (χ3n) is 6.42. The van der Waals surface area contributed by atoms with Crippen molar-refractivity contribution in [3.8, 4) is 17.2 Å². The van der Waals surface area contributed by atoms with Crippen molar-refractivity contribution in [3.05, 3.63) is 47.9 Å². The van der Waals surface area contributed by atoms with Crippen molar-refractivity contribution in [1.82, 2.24) is 15.2 Å². The molecule has 1 saturated heterocycles. The topological polar surface area (TPSA) is 50.5 Å². The molecule has 5 heteroatoms. The summed E-state index contributed by atoms with van der Waals surface area (Å²) in [5, 5.41) is 5.93. The Hall–Kier alpha value is -2.37. The summed E-state index contributed by atoms with van der Waals surface area (Å²) in [6.07, 6.45) is 2.22. The van der Waals surface area contributed by atoms with Gasteiger partial charge in [-0.2, -0.15) is 0 Å². The molecule has 3 aromatic rings. The van der Waals surface area contributed by atoms with Gasteiger partial charge in [0, 0.05) is 34.6 Å². The number of methoxy groups -OCH3 is 1. The number of benzene rings is 2. The lowest BCUT2D eigenvalue weighted by Crippen LogP contribution is -2.61. The summed E-state index contributed by atoms with van der Waals surface area (Å²) in [6.45, 7) is 12.0. The second-order valence-electron chi connectivity index (χ2n) is 10.3. The summed E-state index contributed by atoms with van der Waals surface area (Å²) in [6, 6.07) is 12.8. The standard InChI is InChI=1S/C26H35N3O2/c1-17-22(16-29(6)18-14-25(2,3)28-26(4,5)15-18)27-24(31-17)21-12-13-23(30-7)20-11-9-8-10-19(20)21/h8-13,18,28H,14-16H2,1-7H3. The van der Waals surface area contributed by atoms with E-state index in [9.17, 15) is 0 Å². The largest absolute Gasteiger partial charge is 0.496 e. The first kappa shape index (κ1) is 21.8. The van der Waals surface area contributed by atoms with Gasteiger partial charge in [-0.3, -0.25) is 4.90 Å². The highest BCUT2D eigenvalue weighted by molar-refractivity contribution is 5.98. The Morgan fingerprint density at radius 1 is 1.06 bits per heavy atom. The number of aryl methyl sites for hydroxylation is 1. The minimum atomic E-state index is 0.118. The molecule has 166 valence electrons. The van der Waals surface area contributed by atoms with Gasteiger partial charge in [-0.25, -0.2) is 4.98 Å². The highest BCUT2D eigenvalue weighted by Gasteiger charge is 2.39. The first-order chi connectivity index (χ1) is 14.6. The van der Waals surface area contributed by atoms with Crippen LogP contribution in [0.15, 0.2) is 40.8 Å². The van der Waals surface area contributed by atoms with E-state index in [1.807, 2.05) is 31.2 Å². The zero-order valence-electron chi connectivity index (χ0n) is 19.9. The average Bonchev–Trinajstić information content (AvgIpc) is 3.04. The van der Waals surface area contributed by atoms with Crippen LogP contribution in [0.3, 0.4) is 0 Å². The van der Waals surface area contributed by atoms with E-state index in [2.05, 4.69) is 57.1 Å². The van der Waals surface area contributed by atoms with E-state index in [1.165, 1.54) is 0 Å². The third kappa shape index (κ3) is 4.48. The van der Waals surface area contributed by atoms with Crippen LogP contribution in [0.1, 0.15) is 52.0 Å². The van der Waals surface area contributed by atoms with Crippen LogP contribution in [0, 0.1) is 6.92 Å². The van der Waals surface area contributed by atoms with E-state index < -0.39 is 0 Å². The molecule has 1 fully saturated rings. The number of nitrogens with zero attached hydrogens (tertiary/aromatic N) is 2. The summed E-state index contributed by atoms with van der Waals surface area (Å²) in [5.41, 5.74) is 2.24. The summed E-state index contributed by atoms with van der Waals surface area (Å²) in [5.74, 6) is 2.42. The van der Waals surface area contributed by atoms with Gasteiger partial charge in [0.15, 0.2) is 0 Å². The molecule has 1 aliphatic heterocycles. The second kappa shape index (κ2) is 7.95. The fraction of sp³-hybridized carbons (Fsp3) is 0.500. The Morgan fingerprint density at radius 3 is 2.35 bits per heavy atom. The first-order valence-electron chi connectivity index (χ1n) is 11.1. The number of fused-ring (bicyclic) bond motifs is 1. The predicted molar refractivity (Wildman–Crippen MR) is 127 cm³/mol. The smallest absolute Gasteiger partial charge is 0.227 e. The number of ether oxygens (including phenoxy) is 1. The maximum atomic E-state index is 6.16. The molecule has 0 amide bonds. The monoisotopic (exact) mass is 421 g/mol. The quantitative estimate of drug-likeness (QED) is 0.585. The molecular formula is C26H35N3O2. The number of piperidine rings is 1. The summed E-state index contributed by atoms with van der Waals surface area (Å²) < 4.78 is 11.7. The average molecular weight is 422 g/mol. The van der Waals surface area contributed by atoms with Gasteiger partial charge in [-0.05, 0) is 72.0 Å². The van der Waals surface area contributed by atoms with Gasteiger partial charge in [-0.1, -0.05) is 24.3 Å². The zero-order chi connectivity index (χ0) is 22.4. The van der Waals surface area contributed by atoms with E-state index in [1.54, 1.807) is 7.11 Å². The van der Waals surface area contributed by atoms with E-state index in [-0.39, 0.29) is 11.1 Å². The molecule has 0 spiro atoms. The molecular weight excluding hydrogens is 386 g/mol. The highest BCUT2D eigenvalue weighted by Crippen LogP contribution is 2.35. The number of aromatic nitrogens is 1. The van der Waals surface area contributed by atoms with Gasteiger partial charge < -0.3 is 14.5 Å². The minimum absolute atomic E-state index is 0.118. The van der Waals surface area contributed by atoms with Crippen LogP contribution >= 0.6 is 0 Å². The molecule has 5 nitrogen and oxygen atoms in total. The second-order valence-corrected chi connectivity index (χ2v) is 10.3. The normalized spacial score (nSPS) is 18.6. The molecule has 0 unspecified atom stereocenters.